The number of anilines is 1. The van der Waals surface area contributed by atoms with Crippen LogP contribution >= 0.6 is 15.9 Å². The Labute approximate surface area is 172 Å². The van der Waals surface area contributed by atoms with Crippen LogP contribution in [0.25, 0.3) is 6.08 Å². The molecule has 1 N–H and O–H groups in total. The van der Waals surface area contributed by atoms with Crippen LogP contribution in [0, 0.1) is 0 Å². The van der Waals surface area contributed by atoms with Gasteiger partial charge in [-0.15, -0.1) is 0 Å². The number of benzene rings is 2. The Bertz CT molecular complexity index is 912. The number of halogens is 1. The number of rotatable bonds is 7. The van der Waals surface area contributed by atoms with E-state index >= 15 is 0 Å². The predicted octanol–water partition coefficient (Wildman–Crippen LogP) is 4.73. The number of unbranched alkanes of at least 4 members (excludes halogenated alkanes) is 1. The first kappa shape index (κ1) is 19.9. The predicted molar refractivity (Wildman–Crippen MR) is 112 cm³/mol. The van der Waals surface area contributed by atoms with Gasteiger partial charge in [-0.1, -0.05) is 47.5 Å². The highest BCUT2D eigenvalue weighted by atomic mass is 79.9. The SMILES string of the molecule is CCCCOc1cc(Br)c(/C=C2/C(=O)NC(=O)N2c2ccccc2)cc1OC. The molecule has 2 aromatic carbocycles. The van der Waals surface area contributed by atoms with E-state index in [1.807, 2.05) is 24.3 Å². The van der Waals surface area contributed by atoms with Gasteiger partial charge in [0.05, 0.1) is 19.4 Å². The quantitative estimate of drug-likeness (QED) is 0.380. The molecule has 1 aliphatic heterocycles. The molecule has 0 aromatic heterocycles. The zero-order valence-electron chi connectivity index (χ0n) is 15.7. The van der Waals surface area contributed by atoms with Crippen molar-refractivity contribution in [3.63, 3.8) is 0 Å². The standard InChI is InChI=1S/C21H21BrN2O4/c1-3-4-10-28-19-13-16(22)14(12-18(19)27-2)11-17-20(25)23-21(26)24(17)15-8-6-5-7-9-15/h5-9,11-13H,3-4,10H2,1-2H3,(H,23,25,26)/b17-11-. The van der Waals surface area contributed by atoms with Crippen molar-refractivity contribution in [3.05, 3.63) is 58.2 Å². The molecule has 0 spiro atoms. The van der Waals surface area contributed by atoms with Crippen molar-refractivity contribution in [2.24, 2.45) is 0 Å². The molecular formula is C21H21BrN2O4. The maximum Gasteiger partial charge on any atom is 0.333 e. The van der Waals surface area contributed by atoms with Gasteiger partial charge in [-0.3, -0.25) is 15.0 Å². The van der Waals surface area contributed by atoms with E-state index in [0.29, 0.717) is 29.4 Å². The Kier molecular flexibility index (Phi) is 6.36. The minimum absolute atomic E-state index is 0.235. The van der Waals surface area contributed by atoms with Gasteiger partial charge < -0.3 is 9.47 Å². The summed E-state index contributed by atoms with van der Waals surface area (Å²) in [5.74, 6) is 0.724. The van der Waals surface area contributed by atoms with Crippen LogP contribution in [0.3, 0.4) is 0 Å². The van der Waals surface area contributed by atoms with Crippen LogP contribution < -0.4 is 19.7 Å². The first-order chi connectivity index (χ1) is 13.5. The Morgan fingerprint density at radius 1 is 1.14 bits per heavy atom. The minimum atomic E-state index is -0.481. The summed E-state index contributed by atoms with van der Waals surface area (Å²) in [7, 11) is 1.56. The Balaban J connectivity index is 1.99. The van der Waals surface area contributed by atoms with Crippen molar-refractivity contribution in [1.82, 2.24) is 5.32 Å². The van der Waals surface area contributed by atoms with Gasteiger partial charge in [-0.25, -0.2) is 4.79 Å². The number of amides is 3. The number of para-hydroxylation sites is 1. The fourth-order valence-electron chi connectivity index (χ4n) is 2.80. The van der Waals surface area contributed by atoms with Gasteiger partial charge in [0.2, 0.25) is 0 Å². The number of carbonyl (C=O) groups excluding carboxylic acids is 2. The number of ether oxygens (including phenoxy) is 2. The first-order valence-corrected chi connectivity index (χ1v) is 9.77. The molecule has 0 radical (unpaired) electrons. The van der Waals surface area contributed by atoms with Crippen LogP contribution in [-0.2, 0) is 4.79 Å². The number of carbonyl (C=O) groups is 2. The number of hydrogen-bond donors (Lipinski definition) is 1. The van der Waals surface area contributed by atoms with E-state index in [-0.39, 0.29) is 5.70 Å². The summed E-state index contributed by atoms with van der Waals surface area (Å²) in [5, 5.41) is 2.34. The maximum atomic E-state index is 12.4. The van der Waals surface area contributed by atoms with Crippen molar-refractivity contribution in [1.29, 1.82) is 0 Å². The summed E-state index contributed by atoms with van der Waals surface area (Å²) < 4.78 is 12.0. The molecule has 1 fully saturated rings. The summed E-state index contributed by atoms with van der Waals surface area (Å²) >= 11 is 3.52. The van der Waals surface area contributed by atoms with Gasteiger partial charge in [-0.2, -0.15) is 0 Å². The highest BCUT2D eigenvalue weighted by molar-refractivity contribution is 9.10. The highest BCUT2D eigenvalue weighted by Gasteiger charge is 2.34. The number of urea groups is 1. The maximum absolute atomic E-state index is 12.4. The van der Waals surface area contributed by atoms with Crippen LogP contribution in [0.2, 0.25) is 0 Å². The molecule has 0 bridgehead atoms. The second kappa shape index (κ2) is 8.93. The molecule has 28 heavy (non-hydrogen) atoms. The molecule has 146 valence electrons. The molecule has 1 saturated heterocycles. The smallest absolute Gasteiger partial charge is 0.333 e. The number of methoxy groups -OCH3 is 1. The molecule has 3 amide bonds. The Morgan fingerprint density at radius 2 is 1.89 bits per heavy atom. The highest BCUT2D eigenvalue weighted by Crippen LogP contribution is 2.36. The first-order valence-electron chi connectivity index (χ1n) is 8.97. The van der Waals surface area contributed by atoms with E-state index in [9.17, 15) is 9.59 Å². The van der Waals surface area contributed by atoms with Gasteiger partial charge >= 0.3 is 6.03 Å². The van der Waals surface area contributed by atoms with E-state index in [1.165, 1.54) is 4.90 Å². The zero-order chi connectivity index (χ0) is 20.1. The summed E-state index contributed by atoms with van der Waals surface area (Å²) in [6, 6.07) is 12.1. The van der Waals surface area contributed by atoms with E-state index in [0.717, 1.165) is 17.3 Å². The molecular weight excluding hydrogens is 424 g/mol. The third kappa shape index (κ3) is 4.20. The van der Waals surface area contributed by atoms with Crippen LogP contribution in [0.4, 0.5) is 10.5 Å². The second-order valence-corrected chi connectivity index (χ2v) is 7.04. The van der Waals surface area contributed by atoms with Crippen LogP contribution in [0.5, 0.6) is 11.5 Å². The summed E-state index contributed by atoms with van der Waals surface area (Å²) in [6.07, 6.45) is 3.63. The summed E-state index contributed by atoms with van der Waals surface area (Å²) in [5.41, 5.74) is 1.54. The van der Waals surface area contributed by atoms with E-state index < -0.39 is 11.9 Å². The summed E-state index contributed by atoms with van der Waals surface area (Å²) in [6.45, 7) is 2.69. The van der Waals surface area contributed by atoms with Crippen molar-refractivity contribution < 1.29 is 19.1 Å². The molecule has 6 nitrogen and oxygen atoms in total. The lowest BCUT2D eigenvalue weighted by Crippen LogP contribution is -2.27. The molecule has 0 unspecified atom stereocenters. The van der Waals surface area contributed by atoms with Crippen LogP contribution in [-0.4, -0.2) is 25.7 Å². The number of imide groups is 1. The molecule has 7 heteroatoms. The van der Waals surface area contributed by atoms with Crippen molar-refractivity contribution >= 4 is 39.6 Å². The normalized spacial score (nSPS) is 15.1. The van der Waals surface area contributed by atoms with Gasteiger partial charge in [0.25, 0.3) is 5.91 Å². The average Bonchev–Trinajstić information content (AvgIpc) is 2.97. The monoisotopic (exact) mass is 444 g/mol. The fourth-order valence-corrected chi connectivity index (χ4v) is 3.24. The minimum Gasteiger partial charge on any atom is -0.493 e. The van der Waals surface area contributed by atoms with Crippen molar-refractivity contribution in [2.45, 2.75) is 19.8 Å². The molecule has 0 atom stereocenters. The van der Waals surface area contributed by atoms with Crippen molar-refractivity contribution in [2.75, 3.05) is 18.6 Å². The van der Waals surface area contributed by atoms with Gasteiger partial charge in [0, 0.05) is 4.47 Å². The fraction of sp³-hybridized carbons (Fsp3) is 0.238. The molecule has 1 aliphatic rings. The van der Waals surface area contributed by atoms with Gasteiger partial charge in [0.1, 0.15) is 5.70 Å². The van der Waals surface area contributed by atoms with E-state index in [1.54, 1.807) is 31.4 Å². The van der Waals surface area contributed by atoms with Gasteiger partial charge in [-0.05, 0) is 42.3 Å². The molecule has 1 heterocycles. The molecule has 2 aromatic rings. The second-order valence-electron chi connectivity index (χ2n) is 6.19. The molecule has 0 saturated carbocycles. The zero-order valence-corrected chi connectivity index (χ0v) is 17.3. The van der Waals surface area contributed by atoms with E-state index in [2.05, 4.69) is 28.2 Å². The Morgan fingerprint density at radius 3 is 2.57 bits per heavy atom. The third-order valence-electron chi connectivity index (χ3n) is 4.24. The van der Waals surface area contributed by atoms with Crippen LogP contribution in [0.1, 0.15) is 25.3 Å². The Hall–Kier alpha value is -2.80. The topological polar surface area (TPSA) is 67.9 Å². The average molecular weight is 445 g/mol. The largest absolute Gasteiger partial charge is 0.493 e. The number of hydrogen-bond acceptors (Lipinski definition) is 4. The summed E-state index contributed by atoms with van der Waals surface area (Å²) in [4.78, 5) is 26.0. The molecule has 3 rings (SSSR count). The van der Waals surface area contributed by atoms with Crippen LogP contribution in [0.15, 0.2) is 52.6 Å². The lowest BCUT2D eigenvalue weighted by Gasteiger charge is -2.16. The van der Waals surface area contributed by atoms with Gasteiger partial charge in [0.15, 0.2) is 11.5 Å². The third-order valence-corrected chi connectivity index (χ3v) is 4.93. The lowest BCUT2D eigenvalue weighted by molar-refractivity contribution is -0.115. The van der Waals surface area contributed by atoms with E-state index in [4.69, 9.17) is 9.47 Å². The molecule has 0 aliphatic carbocycles. The number of nitrogens with zero attached hydrogens (tertiary/aromatic N) is 1. The van der Waals surface area contributed by atoms with Crippen molar-refractivity contribution in [3.8, 4) is 11.5 Å². The number of nitrogens with one attached hydrogen (secondary N) is 1. The lowest BCUT2D eigenvalue weighted by atomic mass is 10.1.